The fraction of sp³-hybridized carbons (Fsp3) is 0.765. The molecule has 3 amide bonds. The number of rotatable bonds is 13. The Bertz CT molecular complexity index is 560. The van der Waals surface area contributed by atoms with Gasteiger partial charge >= 0.3 is 5.97 Å². The van der Waals surface area contributed by atoms with Crippen LogP contribution in [0.25, 0.3) is 0 Å². The molecule has 10 nitrogen and oxygen atoms in total. The first-order valence-corrected chi connectivity index (χ1v) is 10.5. The molecule has 3 atom stereocenters. The summed E-state index contributed by atoms with van der Waals surface area (Å²) in [4.78, 5) is 47.1. The molecule has 1 saturated heterocycles. The lowest BCUT2D eigenvalue weighted by molar-refractivity contribution is -0.139. The van der Waals surface area contributed by atoms with Gasteiger partial charge in [0.1, 0.15) is 18.4 Å². The number of thioether (sulfide) groups is 1. The third kappa shape index (κ3) is 9.38. The van der Waals surface area contributed by atoms with E-state index in [-0.39, 0.29) is 49.7 Å². The van der Waals surface area contributed by atoms with E-state index in [1.807, 2.05) is 6.26 Å². The minimum Gasteiger partial charge on any atom is -0.468 e. The number of carbonyl (C=O) groups is 4. The van der Waals surface area contributed by atoms with Gasteiger partial charge in [0.05, 0.1) is 20.2 Å². The number of nitrogens with one attached hydrogen (secondary N) is 4. The lowest BCUT2D eigenvalue weighted by Crippen LogP contribution is -2.50. The average Bonchev–Trinajstić information content (AvgIpc) is 3.43. The smallest absolute Gasteiger partial charge is 0.319 e. The molecule has 1 rings (SSSR count). The van der Waals surface area contributed by atoms with Crippen molar-refractivity contribution in [3.8, 4) is 0 Å². The van der Waals surface area contributed by atoms with Gasteiger partial charge in [0.25, 0.3) is 0 Å². The van der Waals surface area contributed by atoms with Crippen molar-refractivity contribution in [1.29, 1.82) is 0 Å². The minimum atomic E-state index is -0.672. The summed E-state index contributed by atoms with van der Waals surface area (Å²) >= 11 is 1.57. The molecule has 0 aromatic carbocycles. The summed E-state index contributed by atoms with van der Waals surface area (Å²) in [5.74, 6) is -0.884. The van der Waals surface area contributed by atoms with Crippen LogP contribution in [0.5, 0.6) is 0 Å². The maximum atomic E-state index is 12.3. The van der Waals surface area contributed by atoms with Crippen LogP contribution in [0.1, 0.15) is 20.3 Å². The zero-order valence-corrected chi connectivity index (χ0v) is 17.5. The number of hydrogen-bond donors (Lipinski definition) is 4. The van der Waals surface area contributed by atoms with Crippen LogP contribution in [0.2, 0.25) is 0 Å². The SMILES string of the molecule is COC(=O)CNC1OC1CNC(=O)CNC(=O)[C@H](CCSC)NC(=O)C(C)C. The second-order valence-corrected chi connectivity index (χ2v) is 7.56. The van der Waals surface area contributed by atoms with Crippen LogP contribution < -0.4 is 21.3 Å². The molecule has 0 radical (unpaired) electrons. The van der Waals surface area contributed by atoms with Crippen LogP contribution in [-0.4, -0.2) is 80.8 Å². The zero-order chi connectivity index (χ0) is 21.1. The van der Waals surface area contributed by atoms with E-state index in [4.69, 9.17) is 4.74 Å². The van der Waals surface area contributed by atoms with Crippen molar-refractivity contribution in [3.05, 3.63) is 0 Å². The Hall–Kier alpha value is -1.85. The largest absolute Gasteiger partial charge is 0.468 e. The van der Waals surface area contributed by atoms with E-state index in [1.54, 1.807) is 25.6 Å². The second kappa shape index (κ2) is 12.6. The van der Waals surface area contributed by atoms with E-state index in [1.165, 1.54) is 7.11 Å². The van der Waals surface area contributed by atoms with Gasteiger partial charge in [0, 0.05) is 12.5 Å². The maximum absolute atomic E-state index is 12.3. The van der Waals surface area contributed by atoms with Crippen LogP contribution in [0, 0.1) is 5.92 Å². The van der Waals surface area contributed by atoms with Crippen LogP contribution in [0.3, 0.4) is 0 Å². The van der Waals surface area contributed by atoms with E-state index in [2.05, 4.69) is 26.0 Å². The second-order valence-electron chi connectivity index (χ2n) is 6.57. The first-order valence-electron chi connectivity index (χ1n) is 9.07. The van der Waals surface area contributed by atoms with Crippen LogP contribution >= 0.6 is 11.8 Å². The summed E-state index contributed by atoms with van der Waals surface area (Å²) < 4.78 is 9.77. The normalized spacial score (nSPS) is 18.9. The number of methoxy groups -OCH3 is 1. The molecular weight excluding hydrogens is 388 g/mol. The van der Waals surface area contributed by atoms with Gasteiger partial charge in [-0.25, -0.2) is 0 Å². The number of carbonyl (C=O) groups excluding carboxylic acids is 4. The summed E-state index contributed by atoms with van der Waals surface area (Å²) in [7, 11) is 1.30. The lowest BCUT2D eigenvalue weighted by atomic mass is 10.1. The van der Waals surface area contributed by atoms with Crippen molar-refractivity contribution >= 4 is 35.5 Å². The van der Waals surface area contributed by atoms with Crippen molar-refractivity contribution in [1.82, 2.24) is 21.3 Å². The standard InChI is InChI=1S/C17H30N4O6S/c1-10(2)15(24)21-11(5-6-28-4)16(25)19-8-13(22)18-7-12-17(27-12)20-9-14(23)26-3/h10-12,17,20H,5-9H2,1-4H3,(H,18,22)(H,19,25)(H,21,24)/t11-,12?,17?/m0/s1. The molecule has 28 heavy (non-hydrogen) atoms. The molecule has 0 aliphatic carbocycles. The molecular formula is C17H30N4O6S. The monoisotopic (exact) mass is 418 g/mol. The number of epoxide rings is 1. The highest BCUT2D eigenvalue weighted by Crippen LogP contribution is 2.17. The number of esters is 1. The Labute approximate surface area is 169 Å². The van der Waals surface area contributed by atoms with Gasteiger partial charge < -0.3 is 25.4 Å². The molecule has 1 aliphatic rings. The molecule has 160 valence electrons. The van der Waals surface area contributed by atoms with Crippen LogP contribution in [0.15, 0.2) is 0 Å². The molecule has 0 bridgehead atoms. The topological polar surface area (TPSA) is 138 Å². The molecule has 1 fully saturated rings. The summed E-state index contributed by atoms with van der Waals surface area (Å²) in [6, 6.07) is -0.672. The van der Waals surface area contributed by atoms with Crippen LogP contribution in [0.4, 0.5) is 0 Å². The molecule has 0 saturated carbocycles. The number of ether oxygens (including phenoxy) is 2. The molecule has 1 heterocycles. The fourth-order valence-corrected chi connectivity index (χ4v) is 2.62. The summed E-state index contributed by atoms with van der Waals surface area (Å²) in [6.07, 6.45) is 1.86. The van der Waals surface area contributed by atoms with E-state index in [0.717, 1.165) is 0 Å². The van der Waals surface area contributed by atoms with Gasteiger partial charge in [-0.3, -0.25) is 24.5 Å². The summed E-state index contributed by atoms with van der Waals surface area (Å²) in [6.45, 7) is 3.59. The predicted octanol–water partition coefficient (Wildman–Crippen LogP) is -1.40. The first kappa shape index (κ1) is 24.2. The third-order valence-corrected chi connectivity index (χ3v) is 4.59. The van der Waals surface area contributed by atoms with E-state index in [9.17, 15) is 19.2 Å². The third-order valence-electron chi connectivity index (χ3n) is 3.95. The highest BCUT2D eigenvalue weighted by atomic mass is 32.2. The Morgan fingerprint density at radius 1 is 1.11 bits per heavy atom. The van der Waals surface area contributed by atoms with E-state index < -0.39 is 17.9 Å². The van der Waals surface area contributed by atoms with Gasteiger partial charge in [0.2, 0.25) is 17.7 Å². The van der Waals surface area contributed by atoms with E-state index >= 15 is 0 Å². The van der Waals surface area contributed by atoms with Crippen LogP contribution in [-0.2, 0) is 28.7 Å². The predicted molar refractivity (Wildman–Crippen MR) is 104 cm³/mol. The molecule has 0 aromatic rings. The Balaban J connectivity index is 2.28. The molecule has 0 spiro atoms. The molecule has 11 heteroatoms. The summed E-state index contributed by atoms with van der Waals surface area (Å²) in [5.41, 5.74) is 0. The van der Waals surface area contributed by atoms with Crippen molar-refractivity contribution in [2.45, 2.75) is 38.6 Å². The van der Waals surface area contributed by atoms with E-state index in [0.29, 0.717) is 12.2 Å². The van der Waals surface area contributed by atoms with Crippen molar-refractivity contribution in [3.63, 3.8) is 0 Å². The molecule has 4 N–H and O–H groups in total. The van der Waals surface area contributed by atoms with Crippen molar-refractivity contribution in [2.24, 2.45) is 5.92 Å². The van der Waals surface area contributed by atoms with Gasteiger partial charge in [-0.1, -0.05) is 13.8 Å². The van der Waals surface area contributed by atoms with Crippen molar-refractivity contribution in [2.75, 3.05) is 38.8 Å². The van der Waals surface area contributed by atoms with Crippen molar-refractivity contribution < 1.29 is 28.7 Å². The fourth-order valence-electron chi connectivity index (χ4n) is 2.14. The number of amides is 3. The average molecular weight is 419 g/mol. The lowest BCUT2D eigenvalue weighted by Gasteiger charge is -2.19. The molecule has 2 unspecified atom stereocenters. The number of hydrogen-bond acceptors (Lipinski definition) is 8. The van der Waals surface area contributed by atoms with Gasteiger partial charge in [-0.2, -0.15) is 11.8 Å². The molecule has 1 aliphatic heterocycles. The zero-order valence-electron chi connectivity index (χ0n) is 16.7. The highest BCUT2D eigenvalue weighted by molar-refractivity contribution is 7.98. The maximum Gasteiger partial charge on any atom is 0.319 e. The van der Waals surface area contributed by atoms with Gasteiger partial charge in [-0.15, -0.1) is 0 Å². The summed E-state index contributed by atoms with van der Waals surface area (Å²) in [5, 5.41) is 10.7. The van der Waals surface area contributed by atoms with Gasteiger partial charge in [0.15, 0.2) is 0 Å². The Kier molecular flexibility index (Phi) is 10.9. The Morgan fingerprint density at radius 2 is 1.82 bits per heavy atom. The molecule has 0 aromatic heterocycles. The quantitative estimate of drug-likeness (QED) is 0.212. The Morgan fingerprint density at radius 3 is 2.43 bits per heavy atom. The highest BCUT2D eigenvalue weighted by Gasteiger charge is 2.38. The first-order chi connectivity index (χ1) is 13.3. The van der Waals surface area contributed by atoms with Gasteiger partial charge in [-0.05, 0) is 18.4 Å². The minimum absolute atomic E-state index is 0.0290.